The molecule has 0 aromatic rings. The van der Waals surface area contributed by atoms with E-state index < -0.39 is 0 Å². The summed E-state index contributed by atoms with van der Waals surface area (Å²) in [6.07, 6.45) is 14.8. The van der Waals surface area contributed by atoms with E-state index >= 15 is 0 Å². The van der Waals surface area contributed by atoms with Gasteiger partial charge in [0, 0.05) is 6.61 Å². The smallest absolute Gasteiger partial charge is 0.0576 e. The summed E-state index contributed by atoms with van der Waals surface area (Å²) >= 11 is 0. The Bertz CT molecular complexity index is 133. The minimum Gasteiger partial charge on any atom is -0.378 e. The van der Waals surface area contributed by atoms with Crippen LogP contribution in [0.3, 0.4) is 0 Å². The second kappa shape index (κ2) is 14.0. The molecule has 0 amide bonds. The highest BCUT2D eigenvalue weighted by molar-refractivity contribution is 4.60. The Morgan fingerprint density at radius 1 is 0.765 bits per heavy atom. The summed E-state index contributed by atoms with van der Waals surface area (Å²) < 4.78 is 5.63. The number of hydrogen-bond acceptors (Lipinski definition) is 1. The fraction of sp³-hybridized carbons (Fsp3) is 0.938. The minimum atomic E-state index is 0.224. The van der Waals surface area contributed by atoms with Crippen LogP contribution in [-0.4, -0.2) is 12.7 Å². The Hall–Kier alpha value is -0.0400. The molecule has 1 unspecified atom stereocenters. The lowest BCUT2D eigenvalue weighted by Crippen LogP contribution is -2.09. The standard InChI is InChI=1S/C16H33O/c1-4-6-8-9-10-11-12-13-14-16(3)17-15-7-5-2/h16H,3-15H2,1-2H3. The van der Waals surface area contributed by atoms with E-state index in [0.717, 1.165) is 13.0 Å². The molecule has 1 heteroatoms. The van der Waals surface area contributed by atoms with E-state index in [1.165, 1.54) is 64.2 Å². The maximum atomic E-state index is 5.63. The Morgan fingerprint density at radius 3 is 1.88 bits per heavy atom. The molecule has 17 heavy (non-hydrogen) atoms. The molecular weight excluding hydrogens is 208 g/mol. The first kappa shape index (κ1) is 17.0. The number of rotatable bonds is 13. The number of ether oxygens (including phenoxy) is 1. The van der Waals surface area contributed by atoms with Gasteiger partial charge in [0.25, 0.3) is 0 Å². The summed E-state index contributed by atoms with van der Waals surface area (Å²) in [5.74, 6) is 0. The van der Waals surface area contributed by atoms with E-state index in [1.807, 2.05) is 0 Å². The molecule has 0 aliphatic carbocycles. The van der Waals surface area contributed by atoms with Gasteiger partial charge < -0.3 is 4.74 Å². The topological polar surface area (TPSA) is 9.23 Å². The zero-order chi connectivity index (χ0) is 12.8. The van der Waals surface area contributed by atoms with Crippen LogP contribution in [0, 0.1) is 6.92 Å². The van der Waals surface area contributed by atoms with Crippen LogP contribution >= 0.6 is 0 Å². The lowest BCUT2D eigenvalue weighted by Gasteiger charge is -2.12. The average molecular weight is 241 g/mol. The maximum Gasteiger partial charge on any atom is 0.0576 e. The molecule has 1 nitrogen and oxygen atoms in total. The lowest BCUT2D eigenvalue weighted by atomic mass is 10.1. The van der Waals surface area contributed by atoms with E-state index in [0.29, 0.717) is 0 Å². The molecule has 0 spiro atoms. The first-order valence-electron chi connectivity index (χ1n) is 7.76. The fourth-order valence-electron chi connectivity index (χ4n) is 1.98. The van der Waals surface area contributed by atoms with Crippen LogP contribution in [0.1, 0.15) is 84.5 Å². The van der Waals surface area contributed by atoms with Gasteiger partial charge in [0.15, 0.2) is 0 Å². The molecule has 0 rings (SSSR count). The Labute approximate surface area is 109 Å². The molecule has 0 bridgehead atoms. The Balaban J connectivity index is 3.05. The molecule has 0 saturated heterocycles. The van der Waals surface area contributed by atoms with Gasteiger partial charge in [0.1, 0.15) is 0 Å². The zero-order valence-electron chi connectivity index (χ0n) is 12.2. The largest absolute Gasteiger partial charge is 0.378 e. The summed E-state index contributed by atoms with van der Waals surface area (Å²) in [5, 5.41) is 0. The van der Waals surface area contributed by atoms with E-state index in [1.54, 1.807) is 0 Å². The first-order chi connectivity index (χ1) is 8.31. The predicted octanol–water partition coefficient (Wildman–Crippen LogP) is 5.54. The first-order valence-corrected chi connectivity index (χ1v) is 7.76. The van der Waals surface area contributed by atoms with Crippen LogP contribution in [0.5, 0.6) is 0 Å². The van der Waals surface area contributed by atoms with Gasteiger partial charge in [-0.05, 0) is 19.8 Å². The molecule has 0 heterocycles. The van der Waals surface area contributed by atoms with Crippen molar-refractivity contribution in [3.63, 3.8) is 0 Å². The Morgan fingerprint density at radius 2 is 1.29 bits per heavy atom. The van der Waals surface area contributed by atoms with Gasteiger partial charge >= 0.3 is 0 Å². The normalized spacial score (nSPS) is 12.9. The summed E-state index contributed by atoms with van der Waals surface area (Å²) in [7, 11) is 0. The molecule has 0 aliphatic rings. The van der Waals surface area contributed by atoms with Crippen molar-refractivity contribution in [3.8, 4) is 0 Å². The van der Waals surface area contributed by atoms with Gasteiger partial charge in [-0.1, -0.05) is 71.6 Å². The zero-order valence-corrected chi connectivity index (χ0v) is 12.2. The van der Waals surface area contributed by atoms with Gasteiger partial charge in [-0.2, -0.15) is 0 Å². The monoisotopic (exact) mass is 241 g/mol. The molecular formula is C16H33O. The van der Waals surface area contributed by atoms with Gasteiger partial charge in [-0.3, -0.25) is 0 Å². The molecule has 0 aromatic heterocycles. The molecule has 1 atom stereocenters. The van der Waals surface area contributed by atoms with Crippen molar-refractivity contribution >= 4 is 0 Å². The summed E-state index contributed by atoms with van der Waals surface area (Å²) in [6.45, 7) is 9.40. The molecule has 0 fully saturated rings. The lowest BCUT2D eigenvalue weighted by molar-refractivity contribution is 0.0736. The number of unbranched alkanes of at least 4 members (excludes halogenated alkanes) is 8. The summed E-state index contributed by atoms with van der Waals surface area (Å²) in [4.78, 5) is 0. The molecule has 103 valence electrons. The van der Waals surface area contributed by atoms with Crippen molar-refractivity contribution in [2.75, 3.05) is 6.61 Å². The molecule has 1 radical (unpaired) electrons. The molecule has 0 aromatic carbocycles. The third kappa shape index (κ3) is 13.9. The van der Waals surface area contributed by atoms with E-state index in [2.05, 4.69) is 20.8 Å². The second-order valence-corrected chi connectivity index (χ2v) is 5.11. The van der Waals surface area contributed by atoms with Crippen LogP contribution in [0.15, 0.2) is 0 Å². The third-order valence-corrected chi connectivity index (χ3v) is 3.23. The summed E-state index contributed by atoms with van der Waals surface area (Å²) in [6, 6.07) is 0. The minimum absolute atomic E-state index is 0.224. The van der Waals surface area contributed by atoms with Crippen molar-refractivity contribution in [3.05, 3.63) is 6.92 Å². The van der Waals surface area contributed by atoms with Crippen molar-refractivity contribution in [1.82, 2.24) is 0 Å². The third-order valence-electron chi connectivity index (χ3n) is 3.23. The fourth-order valence-corrected chi connectivity index (χ4v) is 1.98. The van der Waals surface area contributed by atoms with Gasteiger partial charge in [-0.25, -0.2) is 0 Å². The highest BCUT2D eigenvalue weighted by Gasteiger charge is 2.01. The second-order valence-electron chi connectivity index (χ2n) is 5.11. The molecule has 0 aliphatic heterocycles. The predicted molar refractivity (Wildman–Crippen MR) is 77.2 cm³/mol. The van der Waals surface area contributed by atoms with Crippen molar-refractivity contribution in [2.24, 2.45) is 0 Å². The van der Waals surface area contributed by atoms with Crippen molar-refractivity contribution in [2.45, 2.75) is 90.6 Å². The van der Waals surface area contributed by atoms with Gasteiger partial charge in [0.05, 0.1) is 6.10 Å². The maximum absolute atomic E-state index is 5.63. The highest BCUT2D eigenvalue weighted by atomic mass is 16.5. The highest BCUT2D eigenvalue weighted by Crippen LogP contribution is 2.11. The van der Waals surface area contributed by atoms with Gasteiger partial charge in [0.2, 0.25) is 0 Å². The quantitative estimate of drug-likeness (QED) is 0.385. The van der Waals surface area contributed by atoms with Crippen LogP contribution in [0.25, 0.3) is 0 Å². The van der Waals surface area contributed by atoms with Crippen LogP contribution in [0.2, 0.25) is 0 Å². The van der Waals surface area contributed by atoms with Crippen molar-refractivity contribution < 1.29 is 4.74 Å². The van der Waals surface area contributed by atoms with Crippen LogP contribution < -0.4 is 0 Å². The Kier molecular flexibility index (Phi) is 14.0. The molecule has 0 saturated carbocycles. The van der Waals surface area contributed by atoms with Crippen LogP contribution in [-0.2, 0) is 4.74 Å². The summed E-state index contributed by atoms with van der Waals surface area (Å²) in [5.41, 5.74) is 0. The van der Waals surface area contributed by atoms with Gasteiger partial charge in [-0.15, -0.1) is 0 Å². The molecule has 0 N–H and O–H groups in total. The van der Waals surface area contributed by atoms with E-state index in [4.69, 9.17) is 4.74 Å². The average Bonchev–Trinajstić information content (AvgIpc) is 2.33. The van der Waals surface area contributed by atoms with E-state index in [-0.39, 0.29) is 6.10 Å². The SMILES string of the molecule is [CH2]C(CCCCCCCCCC)OCCCC. The van der Waals surface area contributed by atoms with Crippen molar-refractivity contribution in [1.29, 1.82) is 0 Å². The van der Waals surface area contributed by atoms with E-state index in [9.17, 15) is 0 Å². The van der Waals surface area contributed by atoms with Crippen LogP contribution in [0.4, 0.5) is 0 Å². The number of hydrogen-bond donors (Lipinski definition) is 0.